The summed E-state index contributed by atoms with van der Waals surface area (Å²) in [7, 11) is 0. The van der Waals surface area contributed by atoms with Gasteiger partial charge < -0.3 is 10.6 Å². The molecule has 4 nitrogen and oxygen atoms in total. The van der Waals surface area contributed by atoms with Crippen molar-refractivity contribution in [3.8, 4) is 0 Å². The molecule has 0 unspecified atom stereocenters. The molecule has 17 heavy (non-hydrogen) atoms. The summed E-state index contributed by atoms with van der Waals surface area (Å²) >= 11 is 1.34. The van der Waals surface area contributed by atoms with Crippen molar-refractivity contribution >= 4 is 28.6 Å². The highest BCUT2D eigenvalue weighted by Gasteiger charge is 2.12. The van der Waals surface area contributed by atoms with Gasteiger partial charge >= 0.3 is 0 Å². The predicted octanol–water partition coefficient (Wildman–Crippen LogP) is 2.36. The molecule has 2 N–H and O–H groups in total. The van der Waals surface area contributed by atoms with Crippen LogP contribution in [0.1, 0.15) is 15.2 Å². The lowest BCUT2D eigenvalue weighted by Crippen LogP contribution is -2.10. The number of nitrogens with zero attached hydrogens (tertiary/aromatic N) is 1. The highest BCUT2D eigenvalue weighted by atomic mass is 32.1. The Kier molecular flexibility index (Phi) is 2.53. The number of aromatic nitrogens is 1. The Hall–Kier alpha value is -1.88. The molecule has 2 aromatic rings. The summed E-state index contributed by atoms with van der Waals surface area (Å²) in [6, 6.07) is 5.94. The molecule has 1 aromatic carbocycles. The third-order valence-electron chi connectivity index (χ3n) is 2.73. The summed E-state index contributed by atoms with van der Waals surface area (Å²) in [4.78, 5) is 16.3. The van der Waals surface area contributed by atoms with Crippen LogP contribution in [0, 0.1) is 0 Å². The molecule has 0 fully saturated rings. The molecule has 1 aliphatic rings. The van der Waals surface area contributed by atoms with Crippen molar-refractivity contribution in [3.05, 3.63) is 40.3 Å². The number of hydrogen-bond acceptors (Lipinski definition) is 4. The van der Waals surface area contributed by atoms with E-state index in [4.69, 9.17) is 0 Å². The Labute approximate surface area is 103 Å². The van der Waals surface area contributed by atoms with E-state index in [9.17, 15) is 4.79 Å². The van der Waals surface area contributed by atoms with Crippen LogP contribution in [-0.2, 0) is 6.42 Å². The molecule has 0 bridgehead atoms. The van der Waals surface area contributed by atoms with Crippen LogP contribution in [0.3, 0.4) is 0 Å². The van der Waals surface area contributed by atoms with Gasteiger partial charge in [-0.25, -0.2) is 0 Å². The Morgan fingerprint density at radius 2 is 2.41 bits per heavy atom. The molecule has 0 aliphatic carbocycles. The molecule has 1 amide bonds. The molecule has 1 aromatic heterocycles. The molecule has 0 saturated heterocycles. The van der Waals surface area contributed by atoms with Gasteiger partial charge in [-0.15, -0.1) is 11.3 Å². The number of fused-ring (bicyclic) bond motifs is 1. The fraction of sp³-hybridized carbons (Fsp3) is 0.167. The topological polar surface area (TPSA) is 54.0 Å². The number of anilines is 2. The Morgan fingerprint density at radius 3 is 3.24 bits per heavy atom. The summed E-state index contributed by atoms with van der Waals surface area (Å²) in [6.45, 7) is 0.974. The van der Waals surface area contributed by atoms with Crippen LogP contribution in [0.4, 0.5) is 11.4 Å². The van der Waals surface area contributed by atoms with E-state index in [1.165, 1.54) is 22.6 Å². The maximum absolute atomic E-state index is 11.8. The van der Waals surface area contributed by atoms with Gasteiger partial charge in [-0.05, 0) is 30.2 Å². The second-order valence-corrected chi connectivity index (χ2v) is 4.75. The minimum absolute atomic E-state index is 0.0987. The number of rotatable bonds is 2. The average Bonchev–Trinajstić information content (AvgIpc) is 2.99. The van der Waals surface area contributed by atoms with Crippen molar-refractivity contribution in [2.24, 2.45) is 0 Å². The molecule has 0 saturated carbocycles. The van der Waals surface area contributed by atoms with E-state index in [0.29, 0.717) is 4.88 Å². The third kappa shape index (κ3) is 2.01. The van der Waals surface area contributed by atoms with E-state index in [-0.39, 0.29) is 5.91 Å². The summed E-state index contributed by atoms with van der Waals surface area (Å²) in [5.41, 5.74) is 4.92. The molecule has 0 atom stereocenters. The van der Waals surface area contributed by atoms with E-state index in [1.54, 1.807) is 11.7 Å². The molecular formula is C12H11N3OS. The number of amides is 1. The minimum Gasteiger partial charge on any atom is -0.384 e. The molecule has 2 heterocycles. The predicted molar refractivity (Wildman–Crippen MR) is 68.7 cm³/mol. The fourth-order valence-corrected chi connectivity index (χ4v) is 2.42. The molecular weight excluding hydrogens is 234 g/mol. The van der Waals surface area contributed by atoms with E-state index in [0.717, 1.165) is 18.7 Å². The maximum atomic E-state index is 11.8. The van der Waals surface area contributed by atoms with Crippen molar-refractivity contribution in [1.29, 1.82) is 0 Å². The second kappa shape index (κ2) is 4.18. The first-order valence-electron chi connectivity index (χ1n) is 5.39. The van der Waals surface area contributed by atoms with Gasteiger partial charge in [0.2, 0.25) is 0 Å². The minimum atomic E-state index is -0.0987. The Bertz CT molecular complexity index is 551. The molecule has 1 aliphatic heterocycles. The Balaban J connectivity index is 1.80. The zero-order chi connectivity index (χ0) is 11.7. The molecule has 3 rings (SSSR count). The zero-order valence-corrected chi connectivity index (χ0v) is 9.88. The fourth-order valence-electron chi connectivity index (χ4n) is 1.90. The summed E-state index contributed by atoms with van der Waals surface area (Å²) in [6.07, 6.45) is 2.59. The lowest BCUT2D eigenvalue weighted by atomic mass is 10.1. The summed E-state index contributed by atoms with van der Waals surface area (Å²) in [5, 5.41) is 6.17. The first-order chi connectivity index (χ1) is 8.33. The first kappa shape index (κ1) is 10.3. The normalized spacial score (nSPS) is 12.9. The quantitative estimate of drug-likeness (QED) is 0.854. The van der Waals surface area contributed by atoms with Gasteiger partial charge in [0.05, 0.1) is 11.7 Å². The standard InChI is InChI=1S/C12H11N3OS/c16-12(11-6-13-7-17-11)15-9-1-2-10-8(5-9)3-4-14-10/h1-2,5-7,14H,3-4H2,(H,15,16). The molecule has 86 valence electrons. The maximum Gasteiger partial charge on any atom is 0.267 e. The van der Waals surface area contributed by atoms with Crippen LogP contribution in [0.15, 0.2) is 29.9 Å². The molecule has 0 spiro atoms. The second-order valence-electron chi connectivity index (χ2n) is 3.87. The highest BCUT2D eigenvalue weighted by Crippen LogP contribution is 2.25. The highest BCUT2D eigenvalue weighted by molar-refractivity contribution is 7.11. The number of nitrogens with one attached hydrogen (secondary N) is 2. The van der Waals surface area contributed by atoms with E-state index in [1.807, 2.05) is 18.2 Å². The van der Waals surface area contributed by atoms with Crippen molar-refractivity contribution in [2.75, 3.05) is 17.2 Å². The summed E-state index contributed by atoms with van der Waals surface area (Å²) < 4.78 is 0. The number of carbonyl (C=O) groups excluding carboxylic acids is 1. The van der Waals surface area contributed by atoms with Crippen molar-refractivity contribution in [2.45, 2.75) is 6.42 Å². The van der Waals surface area contributed by atoms with Crippen molar-refractivity contribution < 1.29 is 4.79 Å². The van der Waals surface area contributed by atoms with Crippen LogP contribution in [-0.4, -0.2) is 17.4 Å². The van der Waals surface area contributed by atoms with Gasteiger partial charge in [-0.1, -0.05) is 0 Å². The van der Waals surface area contributed by atoms with Crippen LogP contribution >= 0.6 is 11.3 Å². The van der Waals surface area contributed by atoms with Crippen LogP contribution in [0.25, 0.3) is 0 Å². The third-order valence-corrected chi connectivity index (χ3v) is 3.50. The van der Waals surface area contributed by atoms with Gasteiger partial charge in [0.1, 0.15) is 4.88 Å². The van der Waals surface area contributed by atoms with Crippen LogP contribution in [0.5, 0.6) is 0 Å². The molecule has 0 radical (unpaired) electrons. The van der Waals surface area contributed by atoms with E-state index in [2.05, 4.69) is 15.6 Å². The van der Waals surface area contributed by atoms with E-state index >= 15 is 0 Å². The zero-order valence-electron chi connectivity index (χ0n) is 9.06. The number of hydrogen-bond donors (Lipinski definition) is 2. The van der Waals surface area contributed by atoms with Gasteiger partial charge in [-0.3, -0.25) is 9.78 Å². The average molecular weight is 245 g/mol. The SMILES string of the molecule is O=C(Nc1ccc2c(c1)CCN2)c1cncs1. The van der Waals surface area contributed by atoms with Crippen molar-refractivity contribution in [1.82, 2.24) is 4.98 Å². The molecule has 5 heteroatoms. The number of carbonyl (C=O) groups is 1. The van der Waals surface area contributed by atoms with Gasteiger partial charge in [0, 0.05) is 17.9 Å². The smallest absolute Gasteiger partial charge is 0.267 e. The van der Waals surface area contributed by atoms with Crippen LogP contribution in [0.2, 0.25) is 0 Å². The number of thiazole rings is 1. The van der Waals surface area contributed by atoms with Gasteiger partial charge in [-0.2, -0.15) is 0 Å². The monoisotopic (exact) mass is 245 g/mol. The Morgan fingerprint density at radius 1 is 1.47 bits per heavy atom. The lowest BCUT2D eigenvalue weighted by molar-refractivity contribution is 0.103. The van der Waals surface area contributed by atoms with E-state index < -0.39 is 0 Å². The first-order valence-corrected chi connectivity index (χ1v) is 6.27. The van der Waals surface area contributed by atoms with Gasteiger partial charge in [0.25, 0.3) is 5.91 Å². The van der Waals surface area contributed by atoms with Gasteiger partial charge in [0.15, 0.2) is 0 Å². The largest absolute Gasteiger partial charge is 0.384 e. The summed E-state index contributed by atoms with van der Waals surface area (Å²) in [5.74, 6) is -0.0987. The number of benzene rings is 1. The lowest BCUT2D eigenvalue weighted by Gasteiger charge is -2.05. The van der Waals surface area contributed by atoms with Crippen molar-refractivity contribution in [3.63, 3.8) is 0 Å². The van der Waals surface area contributed by atoms with Crippen LogP contribution < -0.4 is 10.6 Å².